The summed E-state index contributed by atoms with van der Waals surface area (Å²) < 4.78 is 1.90. The van der Waals surface area contributed by atoms with Crippen LogP contribution in [0, 0.1) is 6.92 Å². The molecule has 118 valence electrons. The third kappa shape index (κ3) is 2.50. The molecular weight excluding hydrogens is 296 g/mol. The van der Waals surface area contributed by atoms with Crippen LogP contribution in [0.4, 0.5) is 10.5 Å². The maximum atomic E-state index is 12.4. The number of aromatic amines is 1. The Morgan fingerprint density at radius 3 is 3.22 bits per heavy atom. The molecule has 1 aliphatic heterocycles. The zero-order valence-electron chi connectivity index (χ0n) is 12.6. The van der Waals surface area contributed by atoms with E-state index >= 15 is 0 Å². The molecule has 1 atom stereocenters. The van der Waals surface area contributed by atoms with Gasteiger partial charge in [-0.25, -0.2) is 9.78 Å². The van der Waals surface area contributed by atoms with Crippen LogP contribution >= 0.6 is 0 Å². The monoisotopic (exact) mass is 312 g/mol. The number of nitrogens with zero attached hydrogens (tertiary/aromatic N) is 6. The Morgan fingerprint density at radius 2 is 2.39 bits per heavy atom. The highest BCUT2D eigenvalue weighted by Crippen LogP contribution is 2.24. The predicted octanol–water partition coefficient (Wildman–Crippen LogP) is 1.18. The topological polar surface area (TPSA) is 104 Å². The number of likely N-dealkylation sites (tertiary alicyclic amines) is 1. The minimum Gasteiger partial charge on any atom is -0.324 e. The van der Waals surface area contributed by atoms with Crippen molar-refractivity contribution in [3.63, 3.8) is 0 Å². The Kier molecular flexibility index (Phi) is 3.18. The number of hydrogen-bond acceptors (Lipinski definition) is 5. The van der Waals surface area contributed by atoms with Crippen LogP contribution in [0.1, 0.15) is 23.7 Å². The van der Waals surface area contributed by atoms with Gasteiger partial charge in [0.1, 0.15) is 5.65 Å². The first-order valence-corrected chi connectivity index (χ1v) is 7.43. The summed E-state index contributed by atoms with van der Waals surface area (Å²) in [5, 5.41) is 17.0. The first-order chi connectivity index (χ1) is 11.2. The number of aromatic nitrogens is 6. The van der Waals surface area contributed by atoms with E-state index in [-0.39, 0.29) is 11.9 Å². The molecule has 1 aliphatic rings. The largest absolute Gasteiger partial charge is 0.324 e. The molecule has 0 aromatic carbocycles. The number of imidazole rings is 1. The average molecular weight is 312 g/mol. The molecule has 2 N–H and O–H groups in total. The fourth-order valence-corrected chi connectivity index (χ4v) is 2.98. The van der Waals surface area contributed by atoms with E-state index in [1.54, 1.807) is 11.1 Å². The summed E-state index contributed by atoms with van der Waals surface area (Å²) in [5.41, 5.74) is 2.65. The SMILES string of the molecule is Cc1cc(NC(=O)N2CCC(c3nn[nH]n3)C2)cn2ccnc12. The van der Waals surface area contributed by atoms with Gasteiger partial charge in [0.25, 0.3) is 0 Å². The van der Waals surface area contributed by atoms with Crippen LogP contribution in [0.3, 0.4) is 0 Å². The number of aryl methyl sites for hydroxylation is 1. The molecule has 1 fully saturated rings. The van der Waals surface area contributed by atoms with Crippen LogP contribution in [0.2, 0.25) is 0 Å². The molecule has 0 spiro atoms. The second kappa shape index (κ2) is 5.34. The van der Waals surface area contributed by atoms with Crippen LogP contribution in [-0.2, 0) is 0 Å². The summed E-state index contributed by atoms with van der Waals surface area (Å²) in [7, 11) is 0. The number of urea groups is 1. The summed E-state index contributed by atoms with van der Waals surface area (Å²) in [4.78, 5) is 18.5. The quantitative estimate of drug-likeness (QED) is 0.739. The third-order valence-corrected chi connectivity index (χ3v) is 4.13. The van der Waals surface area contributed by atoms with Crippen molar-refractivity contribution in [1.29, 1.82) is 0 Å². The molecule has 0 saturated carbocycles. The molecule has 2 amide bonds. The van der Waals surface area contributed by atoms with Gasteiger partial charge in [0.15, 0.2) is 5.82 Å². The van der Waals surface area contributed by atoms with E-state index in [4.69, 9.17) is 0 Å². The van der Waals surface area contributed by atoms with Gasteiger partial charge in [-0.2, -0.15) is 5.21 Å². The first-order valence-electron chi connectivity index (χ1n) is 7.43. The number of hydrogen-bond donors (Lipinski definition) is 2. The third-order valence-electron chi connectivity index (χ3n) is 4.13. The van der Waals surface area contributed by atoms with Gasteiger partial charge in [0.2, 0.25) is 0 Å². The van der Waals surface area contributed by atoms with E-state index in [0.29, 0.717) is 18.9 Å². The number of fused-ring (bicyclic) bond motifs is 1. The lowest BCUT2D eigenvalue weighted by atomic mass is 10.1. The van der Waals surface area contributed by atoms with Crippen LogP contribution < -0.4 is 5.32 Å². The van der Waals surface area contributed by atoms with Crippen molar-refractivity contribution in [2.45, 2.75) is 19.3 Å². The van der Waals surface area contributed by atoms with Crippen LogP contribution in [-0.4, -0.2) is 54.0 Å². The van der Waals surface area contributed by atoms with Gasteiger partial charge in [0.05, 0.1) is 5.69 Å². The summed E-state index contributed by atoms with van der Waals surface area (Å²) in [6.45, 7) is 3.25. The number of pyridine rings is 1. The second-order valence-electron chi connectivity index (χ2n) is 5.70. The molecular formula is C14H16N8O. The summed E-state index contributed by atoms with van der Waals surface area (Å²) in [5.74, 6) is 0.799. The van der Waals surface area contributed by atoms with Gasteiger partial charge in [-0.1, -0.05) is 5.21 Å². The zero-order chi connectivity index (χ0) is 15.8. The van der Waals surface area contributed by atoms with Crippen molar-refractivity contribution in [3.8, 4) is 0 Å². The zero-order valence-corrected chi connectivity index (χ0v) is 12.6. The number of tetrazole rings is 1. The van der Waals surface area contributed by atoms with E-state index in [0.717, 1.165) is 23.3 Å². The standard InChI is InChI=1S/C14H16N8O/c1-9-6-11(8-21-5-3-15-13(9)21)16-14(23)22-4-2-10(7-22)12-17-19-20-18-12/h3,5-6,8,10H,2,4,7H2,1H3,(H,16,23)(H,17,18,19,20). The van der Waals surface area contributed by atoms with Crippen molar-refractivity contribution in [2.75, 3.05) is 18.4 Å². The van der Waals surface area contributed by atoms with Crippen molar-refractivity contribution in [1.82, 2.24) is 34.9 Å². The summed E-state index contributed by atoms with van der Waals surface area (Å²) in [6, 6.07) is 1.81. The molecule has 4 rings (SSSR count). The van der Waals surface area contributed by atoms with E-state index in [9.17, 15) is 4.79 Å². The van der Waals surface area contributed by atoms with Crippen LogP contribution in [0.25, 0.3) is 5.65 Å². The Bertz CT molecular complexity index is 840. The lowest BCUT2D eigenvalue weighted by Crippen LogP contribution is -2.33. The second-order valence-corrected chi connectivity index (χ2v) is 5.70. The molecule has 23 heavy (non-hydrogen) atoms. The number of amides is 2. The number of carbonyl (C=O) groups is 1. The van der Waals surface area contributed by atoms with E-state index in [2.05, 4.69) is 30.9 Å². The molecule has 1 unspecified atom stereocenters. The molecule has 9 heteroatoms. The lowest BCUT2D eigenvalue weighted by molar-refractivity contribution is 0.222. The molecule has 9 nitrogen and oxygen atoms in total. The van der Waals surface area contributed by atoms with Crippen molar-refractivity contribution in [3.05, 3.63) is 36.0 Å². The average Bonchev–Trinajstić information content (AvgIpc) is 3.27. The van der Waals surface area contributed by atoms with Crippen molar-refractivity contribution >= 4 is 17.4 Å². The molecule has 1 saturated heterocycles. The van der Waals surface area contributed by atoms with Gasteiger partial charge in [-0.05, 0) is 25.0 Å². The Morgan fingerprint density at radius 1 is 1.48 bits per heavy atom. The maximum Gasteiger partial charge on any atom is 0.321 e. The van der Waals surface area contributed by atoms with Crippen LogP contribution in [0.15, 0.2) is 24.7 Å². The minimum atomic E-state index is -0.116. The fourth-order valence-electron chi connectivity index (χ4n) is 2.98. The van der Waals surface area contributed by atoms with E-state index in [1.165, 1.54) is 0 Å². The number of nitrogens with one attached hydrogen (secondary N) is 2. The normalized spacial score (nSPS) is 17.8. The lowest BCUT2D eigenvalue weighted by Gasteiger charge is -2.17. The molecule has 4 heterocycles. The fraction of sp³-hybridized carbons (Fsp3) is 0.357. The molecule has 0 bridgehead atoms. The summed E-state index contributed by atoms with van der Waals surface area (Å²) >= 11 is 0. The highest BCUT2D eigenvalue weighted by Gasteiger charge is 2.29. The van der Waals surface area contributed by atoms with Crippen molar-refractivity contribution in [2.24, 2.45) is 0 Å². The molecule has 0 aliphatic carbocycles. The minimum absolute atomic E-state index is 0.116. The summed E-state index contributed by atoms with van der Waals surface area (Å²) in [6.07, 6.45) is 6.30. The van der Waals surface area contributed by atoms with Gasteiger partial charge in [0, 0.05) is 37.6 Å². The Hall–Kier alpha value is -2.97. The van der Waals surface area contributed by atoms with Crippen molar-refractivity contribution < 1.29 is 4.79 Å². The maximum absolute atomic E-state index is 12.4. The predicted molar refractivity (Wildman–Crippen MR) is 82.1 cm³/mol. The molecule has 3 aromatic rings. The van der Waals surface area contributed by atoms with Crippen LogP contribution in [0.5, 0.6) is 0 Å². The van der Waals surface area contributed by atoms with Gasteiger partial charge >= 0.3 is 6.03 Å². The molecule has 0 radical (unpaired) electrons. The molecule has 3 aromatic heterocycles. The highest BCUT2D eigenvalue weighted by molar-refractivity contribution is 5.89. The van der Waals surface area contributed by atoms with Gasteiger partial charge < -0.3 is 14.6 Å². The van der Waals surface area contributed by atoms with Gasteiger partial charge in [-0.15, -0.1) is 10.2 Å². The van der Waals surface area contributed by atoms with Gasteiger partial charge in [-0.3, -0.25) is 0 Å². The Labute approximate surface area is 131 Å². The number of rotatable bonds is 2. The number of H-pyrrole nitrogens is 1. The number of carbonyl (C=O) groups excluding carboxylic acids is 1. The smallest absolute Gasteiger partial charge is 0.321 e. The number of anilines is 1. The first kappa shape index (κ1) is 13.7. The Balaban J connectivity index is 1.47. The van der Waals surface area contributed by atoms with E-state index in [1.807, 2.05) is 29.8 Å². The highest BCUT2D eigenvalue weighted by atomic mass is 16.2. The van der Waals surface area contributed by atoms with E-state index < -0.39 is 0 Å².